The molecule has 0 heterocycles. The maximum atomic E-state index is 13.0. The maximum Gasteiger partial charge on any atom is 0.306 e. The lowest BCUT2D eigenvalue weighted by atomic mass is 10.0. The van der Waals surface area contributed by atoms with Crippen LogP contribution in [0, 0.1) is 0 Å². The molecule has 0 bridgehead atoms. The number of esters is 3. The molecule has 6 heteroatoms. The van der Waals surface area contributed by atoms with Gasteiger partial charge in [-0.25, -0.2) is 0 Å². The number of unbranched alkanes of at least 4 members (excludes halogenated alkanes) is 28. The average molecular weight is 1140 g/mol. The number of hydrogen-bond donors (Lipinski definition) is 0. The first-order chi connectivity index (χ1) is 40.5. The number of ether oxygens (including phenoxy) is 3. The summed E-state index contributed by atoms with van der Waals surface area (Å²) < 4.78 is 16.9. The molecule has 0 saturated heterocycles. The molecule has 0 radical (unpaired) electrons. The molecular formula is C76H126O6. The molecule has 0 N–H and O–H groups in total. The second-order valence-corrected chi connectivity index (χ2v) is 22.3. The van der Waals surface area contributed by atoms with E-state index < -0.39 is 6.10 Å². The molecule has 6 nitrogen and oxygen atoms in total. The van der Waals surface area contributed by atoms with Gasteiger partial charge in [0.2, 0.25) is 0 Å². The van der Waals surface area contributed by atoms with Gasteiger partial charge in [0.05, 0.1) is 0 Å². The minimum Gasteiger partial charge on any atom is -0.462 e. The van der Waals surface area contributed by atoms with Crippen molar-refractivity contribution in [3.63, 3.8) is 0 Å². The van der Waals surface area contributed by atoms with Crippen LogP contribution in [0.15, 0.2) is 134 Å². The molecule has 82 heavy (non-hydrogen) atoms. The van der Waals surface area contributed by atoms with E-state index in [0.717, 1.165) is 148 Å². The van der Waals surface area contributed by atoms with Gasteiger partial charge in [0, 0.05) is 19.3 Å². The van der Waals surface area contributed by atoms with E-state index in [-0.39, 0.29) is 31.1 Å². The maximum absolute atomic E-state index is 13.0. The van der Waals surface area contributed by atoms with Crippen molar-refractivity contribution in [3.8, 4) is 0 Å². The lowest BCUT2D eigenvalue weighted by Crippen LogP contribution is -2.30. The zero-order valence-corrected chi connectivity index (χ0v) is 53.5. The summed E-state index contributed by atoms with van der Waals surface area (Å²) in [7, 11) is 0. The van der Waals surface area contributed by atoms with Crippen LogP contribution < -0.4 is 0 Å². The summed E-state index contributed by atoms with van der Waals surface area (Å²) in [6.45, 7) is 6.39. The van der Waals surface area contributed by atoms with Gasteiger partial charge in [0.15, 0.2) is 6.10 Å². The van der Waals surface area contributed by atoms with Crippen LogP contribution in [-0.4, -0.2) is 37.2 Å². The highest BCUT2D eigenvalue weighted by Crippen LogP contribution is 2.17. The molecule has 0 aromatic heterocycles. The van der Waals surface area contributed by atoms with Crippen LogP contribution in [0.1, 0.15) is 310 Å². The molecule has 0 spiro atoms. The molecule has 0 aliphatic rings. The molecule has 0 fully saturated rings. The van der Waals surface area contributed by atoms with Crippen LogP contribution in [0.5, 0.6) is 0 Å². The molecule has 466 valence electrons. The lowest BCUT2D eigenvalue weighted by Gasteiger charge is -2.18. The van der Waals surface area contributed by atoms with Crippen molar-refractivity contribution >= 4 is 17.9 Å². The van der Waals surface area contributed by atoms with Gasteiger partial charge in [-0.05, 0) is 116 Å². The Labute approximate surface area is 506 Å². The predicted octanol–water partition coefficient (Wildman–Crippen LogP) is 23.7. The van der Waals surface area contributed by atoms with Crippen molar-refractivity contribution in [2.75, 3.05) is 13.2 Å². The fraction of sp³-hybridized carbons (Fsp3) is 0.671. The number of hydrogen-bond acceptors (Lipinski definition) is 6. The second kappa shape index (κ2) is 69.0. The molecule has 0 aliphatic heterocycles. The summed E-state index contributed by atoms with van der Waals surface area (Å²) in [4.78, 5) is 38.5. The van der Waals surface area contributed by atoms with Gasteiger partial charge >= 0.3 is 17.9 Å². The highest BCUT2D eigenvalue weighted by atomic mass is 16.6. The SMILES string of the molecule is CC/C=C\C/C=C\C/C=C\C/C=C\C/C=C\C/C=C\CCCCCCC(=O)OCC(COC(=O)CCCCC/C=C\C/C=C\C/C=C\C/C=C\C/C=C\CC)OC(=O)CCCCCCCCCCCCCCCCCCCCCCCC. The fourth-order valence-electron chi connectivity index (χ4n) is 9.36. The van der Waals surface area contributed by atoms with Crippen LogP contribution in [0.25, 0.3) is 0 Å². The Morgan fingerprint density at radius 1 is 0.256 bits per heavy atom. The van der Waals surface area contributed by atoms with Crippen LogP contribution >= 0.6 is 0 Å². The Hall–Kier alpha value is -4.45. The number of carbonyl (C=O) groups is 3. The third-order valence-corrected chi connectivity index (χ3v) is 14.4. The van der Waals surface area contributed by atoms with E-state index in [1.807, 2.05) is 0 Å². The molecule has 0 aromatic carbocycles. The van der Waals surface area contributed by atoms with Crippen molar-refractivity contribution in [2.45, 2.75) is 316 Å². The summed E-state index contributed by atoms with van der Waals surface area (Å²) in [6, 6.07) is 0. The normalized spacial score (nSPS) is 13.0. The Kier molecular flexibility index (Phi) is 65.3. The van der Waals surface area contributed by atoms with Crippen LogP contribution in [0.4, 0.5) is 0 Å². The van der Waals surface area contributed by atoms with E-state index in [2.05, 4.69) is 154 Å². The zero-order valence-electron chi connectivity index (χ0n) is 53.5. The third-order valence-electron chi connectivity index (χ3n) is 14.4. The van der Waals surface area contributed by atoms with E-state index in [1.165, 1.54) is 122 Å². The Morgan fingerprint density at radius 2 is 0.476 bits per heavy atom. The Morgan fingerprint density at radius 3 is 0.756 bits per heavy atom. The van der Waals surface area contributed by atoms with Gasteiger partial charge in [-0.3, -0.25) is 14.4 Å². The predicted molar refractivity (Wildman–Crippen MR) is 357 cm³/mol. The standard InChI is InChI=1S/C76H126O6/c1-4-7-10-13-16-19-22-25-28-31-34-36-38-40-42-45-48-51-54-57-60-63-66-69-75(78)81-72-73(71-80-74(77)68-65-62-59-56-53-50-47-44-41-33-30-27-24-21-18-15-12-9-6-3)82-76(79)70-67-64-61-58-55-52-49-46-43-39-37-35-32-29-26-23-20-17-14-11-8-5-2/h7,9-10,12,16,18-19,21,25,27-28,30,34,36,40-42,44,48,50-51,53,73H,4-6,8,11,13-15,17,20,22-24,26,29,31-33,35,37-39,43,45-47,49,52,54-72H2,1-3H3/b10-7-,12-9-,19-16-,21-18-,28-25-,30-27-,36-34-,42-40-,44-41-,51-48-,53-50-. The van der Waals surface area contributed by atoms with E-state index in [4.69, 9.17) is 14.2 Å². The third kappa shape index (κ3) is 66.4. The van der Waals surface area contributed by atoms with Crippen molar-refractivity contribution in [1.29, 1.82) is 0 Å². The highest BCUT2D eigenvalue weighted by Gasteiger charge is 2.19. The molecule has 0 rings (SSSR count). The molecule has 0 saturated carbocycles. The number of carbonyl (C=O) groups excluding carboxylic acids is 3. The number of allylic oxidation sites excluding steroid dienone is 22. The minimum absolute atomic E-state index is 0.104. The van der Waals surface area contributed by atoms with Gasteiger partial charge in [-0.15, -0.1) is 0 Å². The fourth-order valence-corrected chi connectivity index (χ4v) is 9.36. The van der Waals surface area contributed by atoms with Gasteiger partial charge in [0.1, 0.15) is 13.2 Å². The molecule has 0 aliphatic carbocycles. The summed E-state index contributed by atoms with van der Waals surface area (Å²) in [5.41, 5.74) is 0. The lowest BCUT2D eigenvalue weighted by molar-refractivity contribution is -0.167. The van der Waals surface area contributed by atoms with E-state index in [0.29, 0.717) is 19.3 Å². The molecule has 0 aromatic rings. The largest absolute Gasteiger partial charge is 0.462 e. The summed E-state index contributed by atoms with van der Waals surface area (Å²) in [5, 5.41) is 0. The Bertz CT molecular complexity index is 1730. The van der Waals surface area contributed by atoms with Gasteiger partial charge < -0.3 is 14.2 Å². The van der Waals surface area contributed by atoms with Crippen molar-refractivity contribution in [3.05, 3.63) is 134 Å². The average Bonchev–Trinajstić information content (AvgIpc) is 3.48. The van der Waals surface area contributed by atoms with Crippen LogP contribution in [0.3, 0.4) is 0 Å². The molecular weight excluding hydrogens is 1010 g/mol. The first-order valence-electron chi connectivity index (χ1n) is 34.2. The highest BCUT2D eigenvalue weighted by molar-refractivity contribution is 5.71. The number of rotatable bonds is 61. The van der Waals surface area contributed by atoms with E-state index in [9.17, 15) is 14.4 Å². The summed E-state index contributed by atoms with van der Waals surface area (Å²) in [6.07, 6.45) is 97.5. The molecule has 0 amide bonds. The van der Waals surface area contributed by atoms with Crippen molar-refractivity contribution in [2.24, 2.45) is 0 Å². The summed E-state index contributed by atoms with van der Waals surface area (Å²) >= 11 is 0. The Balaban J connectivity index is 4.48. The van der Waals surface area contributed by atoms with Crippen LogP contribution in [-0.2, 0) is 28.6 Å². The van der Waals surface area contributed by atoms with E-state index in [1.54, 1.807) is 0 Å². The van der Waals surface area contributed by atoms with Crippen molar-refractivity contribution < 1.29 is 28.6 Å². The summed E-state index contributed by atoms with van der Waals surface area (Å²) in [5.74, 6) is -0.950. The topological polar surface area (TPSA) is 78.9 Å². The molecule has 1 atom stereocenters. The smallest absolute Gasteiger partial charge is 0.306 e. The quantitative estimate of drug-likeness (QED) is 0.0261. The second-order valence-electron chi connectivity index (χ2n) is 22.3. The van der Waals surface area contributed by atoms with Gasteiger partial charge in [0.25, 0.3) is 0 Å². The monoisotopic (exact) mass is 1130 g/mol. The first-order valence-corrected chi connectivity index (χ1v) is 34.2. The molecule has 1 unspecified atom stereocenters. The minimum atomic E-state index is -0.808. The zero-order chi connectivity index (χ0) is 59.2. The van der Waals surface area contributed by atoms with Gasteiger partial charge in [-0.1, -0.05) is 309 Å². The van der Waals surface area contributed by atoms with Crippen LogP contribution in [0.2, 0.25) is 0 Å². The van der Waals surface area contributed by atoms with Gasteiger partial charge in [-0.2, -0.15) is 0 Å². The first kappa shape index (κ1) is 77.5. The van der Waals surface area contributed by atoms with E-state index >= 15 is 0 Å². The van der Waals surface area contributed by atoms with Crippen molar-refractivity contribution in [1.82, 2.24) is 0 Å².